The highest BCUT2D eigenvalue weighted by Crippen LogP contribution is 2.36. The first-order valence-corrected chi connectivity index (χ1v) is 8.95. The van der Waals surface area contributed by atoms with Gasteiger partial charge in [-0.3, -0.25) is 0 Å². The highest BCUT2D eigenvalue weighted by atomic mass is 19.1. The molecule has 0 radical (unpaired) electrons. The molecule has 0 saturated carbocycles. The number of hydrogen-bond donors (Lipinski definition) is 2. The van der Waals surface area contributed by atoms with Crippen molar-refractivity contribution in [2.45, 2.75) is 13.8 Å². The van der Waals surface area contributed by atoms with Gasteiger partial charge in [0, 0.05) is 43.2 Å². The van der Waals surface area contributed by atoms with Gasteiger partial charge >= 0.3 is 0 Å². The summed E-state index contributed by atoms with van der Waals surface area (Å²) in [6, 6.07) is 8.24. The number of nitrogens with one attached hydrogen (secondary N) is 1. The van der Waals surface area contributed by atoms with E-state index >= 15 is 0 Å². The third kappa shape index (κ3) is 4.52. The number of hydrogen-bond acceptors (Lipinski definition) is 4. The second kappa shape index (κ2) is 9.08. The molecule has 0 aliphatic carbocycles. The second-order valence-electron chi connectivity index (χ2n) is 5.88. The van der Waals surface area contributed by atoms with Crippen molar-refractivity contribution in [2.75, 3.05) is 19.8 Å². The van der Waals surface area contributed by atoms with E-state index in [0.717, 1.165) is 29.1 Å². The summed E-state index contributed by atoms with van der Waals surface area (Å²) in [6.45, 7) is 8.01. The van der Waals surface area contributed by atoms with E-state index in [1.165, 1.54) is 6.07 Å². The van der Waals surface area contributed by atoms with E-state index in [-0.39, 0.29) is 5.75 Å². The van der Waals surface area contributed by atoms with Gasteiger partial charge in [0.25, 0.3) is 0 Å². The highest BCUT2D eigenvalue weighted by molar-refractivity contribution is 5.82. The van der Waals surface area contributed by atoms with E-state index in [9.17, 15) is 8.78 Å². The number of ether oxygens (including phenoxy) is 1. The van der Waals surface area contributed by atoms with Gasteiger partial charge in [0.15, 0.2) is 11.6 Å². The predicted molar refractivity (Wildman–Crippen MR) is 111 cm³/mol. The Morgan fingerprint density at radius 1 is 1.07 bits per heavy atom. The fourth-order valence-corrected chi connectivity index (χ4v) is 2.66. The Bertz CT molecular complexity index is 935. The summed E-state index contributed by atoms with van der Waals surface area (Å²) in [7, 11) is 3.68. The lowest BCUT2D eigenvalue weighted by Crippen LogP contribution is -2.22. The normalized spacial score (nSPS) is 13.2. The van der Waals surface area contributed by atoms with E-state index in [2.05, 4.69) is 11.9 Å². The lowest BCUT2D eigenvalue weighted by Gasteiger charge is -2.26. The molecule has 2 aromatic carbocycles. The summed E-state index contributed by atoms with van der Waals surface area (Å²) in [5, 5.41) is 3.09. The molecule has 4 nitrogen and oxygen atoms in total. The van der Waals surface area contributed by atoms with Gasteiger partial charge in [0.1, 0.15) is 11.6 Å². The van der Waals surface area contributed by atoms with Crippen LogP contribution in [0, 0.1) is 11.6 Å². The van der Waals surface area contributed by atoms with Gasteiger partial charge in [-0.1, -0.05) is 20.4 Å². The fraction of sp³-hybridized carbons (Fsp3) is 0.182. The molecule has 28 heavy (non-hydrogen) atoms. The molecule has 148 valence electrons. The van der Waals surface area contributed by atoms with Gasteiger partial charge in [0.05, 0.1) is 11.4 Å². The molecule has 0 spiro atoms. The molecule has 0 aromatic heterocycles. The zero-order valence-electron chi connectivity index (χ0n) is 16.5. The molecule has 2 aromatic rings. The van der Waals surface area contributed by atoms with Crippen LogP contribution in [0.3, 0.4) is 0 Å². The zero-order chi connectivity index (χ0) is 20.8. The predicted octanol–water partition coefficient (Wildman–Crippen LogP) is 5.27. The molecule has 0 bridgehead atoms. The molecule has 6 heteroatoms. The molecule has 1 aliphatic heterocycles. The molecule has 0 saturated heterocycles. The fourth-order valence-electron chi connectivity index (χ4n) is 2.66. The minimum absolute atomic E-state index is 0.0654. The smallest absolute Gasteiger partial charge is 0.168 e. The lowest BCUT2D eigenvalue weighted by molar-refractivity contribution is 0.436. The maximum Gasteiger partial charge on any atom is 0.168 e. The van der Waals surface area contributed by atoms with Crippen LogP contribution in [0.5, 0.6) is 11.5 Å². The van der Waals surface area contributed by atoms with Crippen molar-refractivity contribution >= 4 is 11.3 Å². The van der Waals surface area contributed by atoms with Gasteiger partial charge in [-0.15, -0.1) is 0 Å². The summed E-state index contributed by atoms with van der Waals surface area (Å²) >= 11 is 0. The molecule has 0 fully saturated rings. The van der Waals surface area contributed by atoms with E-state index in [0.29, 0.717) is 17.0 Å². The van der Waals surface area contributed by atoms with Crippen molar-refractivity contribution in [3.05, 3.63) is 83.8 Å². The molecule has 0 unspecified atom stereocenters. The minimum Gasteiger partial charge on any atom is -0.454 e. The maximum atomic E-state index is 14.0. The Labute approximate surface area is 164 Å². The van der Waals surface area contributed by atoms with Crippen LogP contribution in [0.1, 0.15) is 19.4 Å². The number of likely N-dealkylation sites (N-methyl/N-ethyl adjacent to an activating group) is 2. The van der Waals surface area contributed by atoms with Crippen LogP contribution in [-0.4, -0.2) is 19.0 Å². The molecular formula is C22H25F2N3O. The number of halogens is 2. The van der Waals surface area contributed by atoms with Crippen LogP contribution >= 0.6 is 0 Å². The first-order valence-electron chi connectivity index (χ1n) is 8.95. The second-order valence-corrected chi connectivity index (χ2v) is 5.88. The molecule has 0 atom stereocenters. The summed E-state index contributed by atoms with van der Waals surface area (Å²) in [6.07, 6.45) is 3.79. The van der Waals surface area contributed by atoms with Crippen LogP contribution in [-0.2, 0) is 0 Å². The summed E-state index contributed by atoms with van der Waals surface area (Å²) in [5.74, 6) is -1.10. The summed E-state index contributed by atoms with van der Waals surface area (Å²) < 4.78 is 32.8. The molecule has 3 N–H and O–H groups in total. The van der Waals surface area contributed by atoms with Crippen molar-refractivity contribution in [1.29, 1.82) is 0 Å². The Hall–Kier alpha value is -3.28. The lowest BCUT2D eigenvalue weighted by atomic mass is 10.0. The van der Waals surface area contributed by atoms with Crippen molar-refractivity contribution in [1.82, 2.24) is 10.2 Å². The maximum absolute atomic E-state index is 14.0. The van der Waals surface area contributed by atoms with Crippen LogP contribution in [0.2, 0.25) is 0 Å². The van der Waals surface area contributed by atoms with E-state index in [4.69, 9.17) is 10.5 Å². The van der Waals surface area contributed by atoms with Gasteiger partial charge in [0.2, 0.25) is 0 Å². The number of nitrogens with two attached hydrogens (primary N) is 1. The Morgan fingerprint density at radius 3 is 2.39 bits per heavy atom. The Balaban J connectivity index is 0.00000136. The van der Waals surface area contributed by atoms with Gasteiger partial charge in [-0.25, -0.2) is 8.78 Å². The third-order valence-electron chi connectivity index (χ3n) is 4.07. The SMILES string of the molecule is C=C1C(NC)=CC(c2cc(N)ccc2Oc2ccc(F)cc2F)=CN1C.CC. The van der Waals surface area contributed by atoms with E-state index < -0.39 is 11.6 Å². The number of benzene rings is 2. The number of anilines is 1. The van der Waals surface area contributed by atoms with Crippen molar-refractivity contribution in [3.8, 4) is 11.5 Å². The van der Waals surface area contributed by atoms with Crippen molar-refractivity contribution in [3.63, 3.8) is 0 Å². The Morgan fingerprint density at radius 2 is 1.75 bits per heavy atom. The van der Waals surface area contributed by atoms with Crippen molar-refractivity contribution in [2.24, 2.45) is 0 Å². The van der Waals surface area contributed by atoms with Gasteiger partial charge in [-0.05, 0) is 36.4 Å². The quantitative estimate of drug-likeness (QED) is 0.704. The number of nitrogen functional groups attached to an aromatic ring is 1. The monoisotopic (exact) mass is 385 g/mol. The van der Waals surface area contributed by atoms with Crippen LogP contribution in [0.15, 0.2) is 66.6 Å². The van der Waals surface area contributed by atoms with Crippen LogP contribution in [0.25, 0.3) is 5.57 Å². The number of nitrogens with zero attached hydrogens (tertiary/aromatic N) is 1. The first-order chi connectivity index (χ1) is 13.4. The average molecular weight is 385 g/mol. The largest absolute Gasteiger partial charge is 0.454 e. The number of allylic oxidation sites excluding steroid dienone is 2. The van der Waals surface area contributed by atoms with Gasteiger partial charge < -0.3 is 20.7 Å². The minimum atomic E-state index is -0.776. The van der Waals surface area contributed by atoms with E-state index in [1.807, 2.05) is 38.1 Å². The molecular weight excluding hydrogens is 360 g/mol. The number of rotatable bonds is 4. The first kappa shape index (κ1) is 21.0. The van der Waals surface area contributed by atoms with Crippen molar-refractivity contribution < 1.29 is 13.5 Å². The van der Waals surface area contributed by atoms with E-state index in [1.54, 1.807) is 25.2 Å². The summed E-state index contributed by atoms with van der Waals surface area (Å²) in [5.41, 5.74) is 9.62. The third-order valence-corrected chi connectivity index (χ3v) is 4.07. The molecule has 1 heterocycles. The molecule has 0 amide bonds. The highest BCUT2D eigenvalue weighted by Gasteiger charge is 2.18. The summed E-state index contributed by atoms with van der Waals surface area (Å²) in [4.78, 5) is 1.87. The Kier molecular flexibility index (Phi) is 6.82. The molecule has 1 aliphatic rings. The average Bonchev–Trinajstić information content (AvgIpc) is 2.68. The zero-order valence-corrected chi connectivity index (χ0v) is 16.5. The van der Waals surface area contributed by atoms with Crippen LogP contribution in [0.4, 0.5) is 14.5 Å². The van der Waals surface area contributed by atoms with Gasteiger partial charge in [-0.2, -0.15) is 0 Å². The standard InChI is InChI=1S/C20H19F2N3O.C2H6/c1-12-18(24-2)8-13(11-25(12)3)16-10-15(23)5-7-19(16)26-20-6-4-14(21)9-17(20)22;1-2/h4-11,24H,1,23H2,2-3H3;1-2H3. The molecule has 3 rings (SSSR count). The van der Waals surface area contributed by atoms with Crippen LogP contribution < -0.4 is 15.8 Å². The topological polar surface area (TPSA) is 50.5 Å².